The third-order valence-electron chi connectivity index (χ3n) is 4.21. The number of aryl methyl sites for hydroxylation is 1. The first-order valence-electron chi connectivity index (χ1n) is 8.55. The topological polar surface area (TPSA) is 79.5 Å². The standard InChI is InChI=1S/C20H20BrN3O3/c1-27-23-10-2-3-13-4-7-15(8-5-13)22-12-18-17-11-14(21)6-9-16(17)19(25)24-20(18)26/h4-9,11-12,22-23H,2-3,10H2,1H3,(H,24,25,26)/b18-12-. The lowest BCUT2D eigenvalue weighted by Gasteiger charge is -2.18. The van der Waals surface area contributed by atoms with Crippen LogP contribution >= 0.6 is 15.9 Å². The van der Waals surface area contributed by atoms with Crippen LogP contribution in [-0.2, 0) is 16.1 Å². The van der Waals surface area contributed by atoms with Crippen molar-refractivity contribution in [2.24, 2.45) is 0 Å². The number of halogens is 1. The number of carbonyl (C=O) groups excluding carboxylic acids is 2. The van der Waals surface area contributed by atoms with Crippen LogP contribution in [0.5, 0.6) is 0 Å². The van der Waals surface area contributed by atoms with Crippen molar-refractivity contribution in [3.63, 3.8) is 0 Å². The minimum Gasteiger partial charge on any atom is -0.361 e. The normalized spacial score (nSPS) is 14.8. The summed E-state index contributed by atoms with van der Waals surface area (Å²) in [5, 5.41) is 5.51. The summed E-state index contributed by atoms with van der Waals surface area (Å²) < 4.78 is 0.807. The van der Waals surface area contributed by atoms with E-state index in [2.05, 4.69) is 32.0 Å². The van der Waals surface area contributed by atoms with Crippen LogP contribution in [0, 0.1) is 0 Å². The largest absolute Gasteiger partial charge is 0.361 e. The van der Waals surface area contributed by atoms with Crippen LogP contribution in [0.3, 0.4) is 0 Å². The number of hydroxylamine groups is 1. The highest BCUT2D eigenvalue weighted by Gasteiger charge is 2.27. The van der Waals surface area contributed by atoms with Gasteiger partial charge in [0.25, 0.3) is 11.8 Å². The van der Waals surface area contributed by atoms with Crippen molar-refractivity contribution in [3.05, 3.63) is 69.8 Å². The summed E-state index contributed by atoms with van der Waals surface area (Å²) in [6.07, 6.45) is 3.55. The molecular formula is C20H20BrN3O3. The molecule has 1 heterocycles. The number of nitrogens with one attached hydrogen (secondary N) is 3. The van der Waals surface area contributed by atoms with E-state index in [1.54, 1.807) is 31.5 Å². The van der Waals surface area contributed by atoms with Gasteiger partial charge in [0.05, 0.1) is 12.7 Å². The van der Waals surface area contributed by atoms with Gasteiger partial charge in [0.1, 0.15) is 0 Å². The van der Waals surface area contributed by atoms with Gasteiger partial charge in [-0.15, -0.1) is 0 Å². The summed E-state index contributed by atoms with van der Waals surface area (Å²) in [6, 6.07) is 13.3. The molecule has 0 radical (unpaired) electrons. The summed E-state index contributed by atoms with van der Waals surface area (Å²) in [7, 11) is 1.61. The van der Waals surface area contributed by atoms with Crippen LogP contribution in [0.25, 0.3) is 5.57 Å². The number of anilines is 1. The first kappa shape index (κ1) is 19.3. The van der Waals surface area contributed by atoms with Gasteiger partial charge in [0, 0.05) is 34.0 Å². The highest BCUT2D eigenvalue weighted by molar-refractivity contribution is 9.10. The van der Waals surface area contributed by atoms with Gasteiger partial charge in [-0.05, 0) is 48.7 Å². The molecule has 0 saturated carbocycles. The molecule has 0 saturated heterocycles. The zero-order valence-electron chi connectivity index (χ0n) is 14.8. The van der Waals surface area contributed by atoms with Crippen molar-refractivity contribution < 1.29 is 14.4 Å². The molecule has 2 aromatic rings. The summed E-state index contributed by atoms with van der Waals surface area (Å²) in [5.41, 5.74) is 6.41. The molecule has 0 unspecified atom stereocenters. The maximum Gasteiger partial charge on any atom is 0.260 e. The van der Waals surface area contributed by atoms with Gasteiger partial charge in [0.2, 0.25) is 0 Å². The molecule has 27 heavy (non-hydrogen) atoms. The van der Waals surface area contributed by atoms with Crippen molar-refractivity contribution in [3.8, 4) is 0 Å². The van der Waals surface area contributed by atoms with E-state index in [9.17, 15) is 9.59 Å². The second-order valence-electron chi connectivity index (χ2n) is 6.07. The fourth-order valence-electron chi connectivity index (χ4n) is 2.83. The molecule has 6 nitrogen and oxygen atoms in total. The third kappa shape index (κ3) is 4.82. The van der Waals surface area contributed by atoms with Crippen molar-refractivity contribution in [2.45, 2.75) is 12.8 Å². The Morgan fingerprint density at radius 1 is 1.07 bits per heavy atom. The minimum atomic E-state index is -0.416. The van der Waals surface area contributed by atoms with Gasteiger partial charge in [-0.2, -0.15) is 0 Å². The Bertz CT molecular complexity index is 879. The molecule has 1 aliphatic heterocycles. The molecule has 140 valence electrons. The number of hydrogen-bond donors (Lipinski definition) is 3. The van der Waals surface area contributed by atoms with E-state index in [0.29, 0.717) is 16.7 Å². The average Bonchev–Trinajstić information content (AvgIpc) is 2.66. The Kier molecular flexibility index (Phi) is 6.39. The number of hydrogen-bond acceptors (Lipinski definition) is 5. The Labute approximate surface area is 166 Å². The van der Waals surface area contributed by atoms with E-state index < -0.39 is 5.91 Å². The molecule has 0 fully saturated rings. The van der Waals surface area contributed by atoms with Crippen LogP contribution in [0.4, 0.5) is 5.69 Å². The highest BCUT2D eigenvalue weighted by Crippen LogP contribution is 2.27. The van der Waals surface area contributed by atoms with Gasteiger partial charge in [0.15, 0.2) is 0 Å². The fourth-order valence-corrected chi connectivity index (χ4v) is 3.19. The monoisotopic (exact) mass is 429 g/mol. The molecule has 2 aromatic carbocycles. The van der Waals surface area contributed by atoms with E-state index in [1.165, 1.54) is 5.56 Å². The Morgan fingerprint density at radius 2 is 1.85 bits per heavy atom. The second kappa shape index (κ2) is 8.94. The number of benzene rings is 2. The maximum atomic E-state index is 12.3. The Hall–Kier alpha value is -2.48. The lowest BCUT2D eigenvalue weighted by Crippen LogP contribution is -2.36. The molecular weight excluding hydrogens is 410 g/mol. The molecule has 3 rings (SSSR count). The molecule has 0 aromatic heterocycles. The Morgan fingerprint density at radius 3 is 2.59 bits per heavy atom. The summed E-state index contributed by atoms with van der Waals surface area (Å²) in [6.45, 7) is 0.797. The number of carbonyl (C=O) groups is 2. The molecule has 1 aliphatic rings. The average molecular weight is 430 g/mol. The predicted octanol–water partition coefficient (Wildman–Crippen LogP) is 3.26. The molecule has 0 spiro atoms. The van der Waals surface area contributed by atoms with Crippen LogP contribution in [0.15, 0.2) is 53.1 Å². The predicted molar refractivity (Wildman–Crippen MR) is 108 cm³/mol. The van der Waals surface area contributed by atoms with Crippen LogP contribution in [-0.4, -0.2) is 25.5 Å². The zero-order chi connectivity index (χ0) is 19.2. The molecule has 3 N–H and O–H groups in total. The first-order valence-corrected chi connectivity index (χ1v) is 9.35. The minimum absolute atomic E-state index is 0.382. The zero-order valence-corrected chi connectivity index (χ0v) is 16.4. The van der Waals surface area contributed by atoms with Crippen molar-refractivity contribution >= 4 is 39.0 Å². The highest BCUT2D eigenvalue weighted by atomic mass is 79.9. The Balaban J connectivity index is 1.72. The molecule has 2 amide bonds. The number of rotatable bonds is 7. The van der Waals surface area contributed by atoms with E-state index >= 15 is 0 Å². The molecule has 0 bridgehead atoms. The number of amides is 2. The summed E-state index contributed by atoms with van der Waals surface area (Å²) >= 11 is 3.39. The number of fused-ring (bicyclic) bond motifs is 1. The van der Waals surface area contributed by atoms with Gasteiger partial charge < -0.3 is 10.2 Å². The van der Waals surface area contributed by atoms with Crippen molar-refractivity contribution in [2.75, 3.05) is 19.0 Å². The van der Waals surface area contributed by atoms with Gasteiger partial charge in [-0.1, -0.05) is 28.1 Å². The van der Waals surface area contributed by atoms with Crippen LogP contribution in [0.2, 0.25) is 0 Å². The summed E-state index contributed by atoms with van der Waals surface area (Å²) in [5.74, 6) is -0.799. The lowest BCUT2D eigenvalue weighted by molar-refractivity contribution is -0.114. The van der Waals surface area contributed by atoms with Crippen molar-refractivity contribution in [1.82, 2.24) is 10.8 Å². The first-order chi connectivity index (χ1) is 13.1. The fraction of sp³-hybridized carbons (Fsp3) is 0.200. The van der Waals surface area contributed by atoms with Gasteiger partial charge in [-0.3, -0.25) is 14.9 Å². The second-order valence-corrected chi connectivity index (χ2v) is 6.99. The van der Waals surface area contributed by atoms with E-state index in [-0.39, 0.29) is 5.91 Å². The van der Waals surface area contributed by atoms with Crippen LogP contribution < -0.4 is 16.1 Å². The maximum absolute atomic E-state index is 12.3. The van der Waals surface area contributed by atoms with Crippen LogP contribution in [0.1, 0.15) is 27.9 Å². The molecule has 0 atom stereocenters. The smallest absolute Gasteiger partial charge is 0.260 e. The van der Waals surface area contributed by atoms with E-state index in [4.69, 9.17) is 4.84 Å². The third-order valence-corrected chi connectivity index (χ3v) is 4.71. The summed E-state index contributed by atoms with van der Waals surface area (Å²) in [4.78, 5) is 29.1. The quantitative estimate of drug-likeness (QED) is 0.272. The van der Waals surface area contributed by atoms with Gasteiger partial charge in [-0.25, -0.2) is 5.48 Å². The number of imide groups is 1. The molecule has 0 aliphatic carbocycles. The van der Waals surface area contributed by atoms with E-state index in [0.717, 1.165) is 29.5 Å². The molecule has 7 heteroatoms. The van der Waals surface area contributed by atoms with Crippen molar-refractivity contribution in [1.29, 1.82) is 0 Å². The van der Waals surface area contributed by atoms with Gasteiger partial charge >= 0.3 is 0 Å². The SMILES string of the molecule is CONCCCc1ccc(N/C=C2\C(=O)NC(=O)c3ccc(Br)cc32)cc1. The lowest BCUT2D eigenvalue weighted by atomic mass is 9.95. The van der Waals surface area contributed by atoms with E-state index in [1.807, 2.05) is 24.3 Å².